The van der Waals surface area contributed by atoms with Crippen molar-refractivity contribution in [1.82, 2.24) is 0 Å². The standard InChI is InChI=1S/C24H17Cl2NO3/c1-15-4-2-3-5-17(15)14-29-19-9-6-16(7-10-19)12-22-24(28)30-23(27-22)20-11-8-18(25)13-21(20)26/h2-13H,14H2,1H3/b22-12-. The smallest absolute Gasteiger partial charge is 0.363 e. The largest absolute Gasteiger partial charge is 0.489 e. The topological polar surface area (TPSA) is 47.9 Å². The van der Waals surface area contributed by atoms with E-state index < -0.39 is 5.97 Å². The van der Waals surface area contributed by atoms with E-state index in [1.807, 2.05) is 42.5 Å². The van der Waals surface area contributed by atoms with Gasteiger partial charge in [-0.05, 0) is 60.0 Å². The first-order chi connectivity index (χ1) is 14.5. The number of aryl methyl sites for hydroxylation is 1. The molecule has 1 aliphatic heterocycles. The molecule has 0 spiro atoms. The third-order valence-corrected chi connectivity index (χ3v) is 5.17. The van der Waals surface area contributed by atoms with Crippen LogP contribution in [-0.4, -0.2) is 11.9 Å². The molecule has 4 nitrogen and oxygen atoms in total. The fraction of sp³-hybridized carbons (Fsp3) is 0.0833. The second-order valence-electron chi connectivity index (χ2n) is 6.74. The van der Waals surface area contributed by atoms with E-state index in [0.717, 1.165) is 16.9 Å². The number of ether oxygens (including phenoxy) is 2. The number of hydrogen-bond donors (Lipinski definition) is 0. The van der Waals surface area contributed by atoms with Crippen molar-refractivity contribution in [2.75, 3.05) is 0 Å². The molecule has 150 valence electrons. The molecule has 1 heterocycles. The summed E-state index contributed by atoms with van der Waals surface area (Å²) < 4.78 is 11.1. The van der Waals surface area contributed by atoms with Gasteiger partial charge in [-0.1, -0.05) is 59.6 Å². The van der Waals surface area contributed by atoms with Gasteiger partial charge in [0.2, 0.25) is 5.90 Å². The number of esters is 1. The van der Waals surface area contributed by atoms with Gasteiger partial charge in [-0.2, -0.15) is 0 Å². The summed E-state index contributed by atoms with van der Waals surface area (Å²) >= 11 is 12.1. The Morgan fingerprint density at radius 2 is 1.80 bits per heavy atom. The van der Waals surface area contributed by atoms with E-state index in [4.69, 9.17) is 32.7 Å². The molecule has 0 saturated heterocycles. The van der Waals surface area contributed by atoms with Gasteiger partial charge in [0.1, 0.15) is 12.4 Å². The normalized spacial score (nSPS) is 14.6. The van der Waals surface area contributed by atoms with E-state index in [-0.39, 0.29) is 11.6 Å². The van der Waals surface area contributed by atoms with Crippen molar-refractivity contribution in [3.8, 4) is 5.75 Å². The highest BCUT2D eigenvalue weighted by Crippen LogP contribution is 2.26. The lowest BCUT2D eigenvalue weighted by Gasteiger charge is -2.08. The van der Waals surface area contributed by atoms with Crippen LogP contribution in [0.4, 0.5) is 0 Å². The highest BCUT2D eigenvalue weighted by atomic mass is 35.5. The first-order valence-electron chi connectivity index (χ1n) is 9.25. The molecule has 0 radical (unpaired) electrons. The molecule has 6 heteroatoms. The van der Waals surface area contributed by atoms with Crippen LogP contribution in [0.15, 0.2) is 77.4 Å². The number of rotatable bonds is 5. The summed E-state index contributed by atoms with van der Waals surface area (Å²) in [4.78, 5) is 16.5. The Balaban J connectivity index is 1.48. The van der Waals surface area contributed by atoms with Gasteiger partial charge >= 0.3 is 5.97 Å². The molecule has 0 fully saturated rings. The highest BCUT2D eigenvalue weighted by Gasteiger charge is 2.25. The Morgan fingerprint density at radius 3 is 2.53 bits per heavy atom. The van der Waals surface area contributed by atoms with Crippen LogP contribution in [0.5, 0.6) is 5.75 Å². The summed E-state index contributed by atoms with van der Waals surface area (Å²) in [6, 6.07) is 20.4. The van der Waals surface area contributed by atoms with Gasteiger partial charge in [-0.15, -0.1) is 0 Å². The number of carbonyl (C=O) groups is 1. The van der Waals surface area contributed by atoms with Crippen LogP contribution in [0.3, 0.4) is 0 Å². The van der Waals surface area contributed by atoms with E-state index in [9.17, 15) is 4.79 Å². The van der Waals surface area contributed by atoms with E-state index in [2.05, 4.69) is 18.0 Å². The van der Waals surface area contributed by atoms with Gasteiger partial charge in [0, 0.05) is 5.02 Å². The summed E-state index contributed by atoms with van der Waals surface area (Å²) in [7, 11) is 0. The van der Waals surface area contributed by atoms with E-state index in [0.29, 0.717) is 22.2 Å². The maximum absolute atomic E-state index is 12.2. The van der Waals surface area contributed by atoms with Gasteiger partial charge in [-0.3, -0.25) is 0 Å². The molecule has 4 rings (SSSR count). The molecule has 0 saturated carbocycles. The van der Waals surface area contributed by atoms with Crippen LogP contribution in [-0.2, 0) is 16.1 Å². The lowest BCUT2D eigenvalue weighted by atomic mass is 10.1. The first-order valence-corrected chi connectivity index (χ1v) is 10.0. The van der Waals surface area contributed by atoms with Crippen molar-refractivity contribution < 1.29 is 14.3 Å². The van der Waals surface area contributed by atoms with Gasteiger partial charge < -0.3 is 9.47 Å². The Bertz CT molecular complexity index is 1170. The van der Waals surface area contributed by atoms with Crippen LogP contribution in [0.25, 0.3) is 6.08 Å². The van der Waals surface area contributed by atoms with Gasteiger partial charge in [0.05, 0.1) is 10.6 Å². The number of nitrogens with zero attached hydrogens (tertiary/aromatic N) is 1. The molecule has 0 aromatic heterocycles. The third-order valence-electron chi connectivity index (χ3n) is 4.62. The molecular weight excluding hydrogens is 421 g/mol. The van der Waals surface area contributed by atoms with Crippen LogP contribution in [0, 0.1) is 6.92 Å². The van der Waals surface area contributed by atoms with Gasteiger partial charge in [-0.25, -0.2) is 9.79 Å². The average Bonchev–Trinajstić information content (AvgIpc) is 3.08. The molecule has 3 aromatic carbocycles. The fourth-order valence-corrected chi connectivity index (χ4v) is 3.43. The van der Waals surface area contributed by atoms with Crippen molar-refractivity contribution in [2.24, 2.45) is 4.99 Å². The van der Waals surface area contributed by atoms with Gasteiger partial charge in [0.15, 0.2) is 5.70 Å². The Hall–Kier alpha value is -3.08. The molecule has 0 aliphatic carbocycles. The van der Waals surface area contributed by atoms with E-state index in [1.165, 1.54) is 5.56 Å². The Labute approximate surface area is 184 Å². The number of aliphatic imine (C=N–C) groups is 1. The van der Waals surface area contributed by atoms with Crippen molar-refractivity contribution in [3.63, 3.8) is 0 Å². The zero-order valence-corrected chi connectivity index (χ0v) is 17.6. The summed E-state index contributed by atoms with van der Waals surface area (Å²) in [5.41, 5.74) is 3.84. The molecule has 0 unspecified atom stereocenters. The molecule has 0 N–H and O–H groups in total. The molecule has 30 heavy (non-hydrogen) atoms. The summed E-state index contributed by atoms with van der Waals surface area (Å²) in [5.74, 6) is 0.369. The van der Waals surface area contributed by atoms with Crippen LogP contribution in [0.2, 0.25) is 10.0 Å². The van der Waals surface area contributed by atoms with E-state index in [1.54, 1.807) is 24.3 Å². The van der Waals surface area contributed by atoms with Crippen molar-refractivity contribution in [1.29, 1.82) is 0 Å². The minimum Gasteiger partial charge on any atom is -0.489 e. The maximum Gasteiger partial charge on any atom is 0.363 e. The summed E-state index contributed by atoms with van der Waals surface area (Å²) in [6.45, 7) is 2.55. The van der Waals surface area contributed by atoms with Crippen LogP contribution >= 0.6 is 23.2 Å². The molecule has 0 bridgehead atoms. The van der Waals surface area contributed by atoms with Crippen LogP contribution in [0.1, 0.15) is 22.3 Å². The van der Waals surface area contributed by atoms with E-state index >= 15 is 0 Å². The summed E-state index contributed by atoms with van der Waals surface area (Å²) in [6.07, 6.45) is 1.66. The number of cyclic esters (lactones) is 1. The number of hydrogen-bond acceptors (Lipinski definition) is 4. The number of halogens is 2. The quantitative estimate of drug-likeness (QED) is 0.351. The molecular formula is C24H17Cl2NO3. The zero-order valence-electron chi connectivity index (χ0n) is 16.1. The molecule has 1 aliphatic rings. The molecule has 0 amide bonds. The van der Waals surface area contributed by atoms with Crippen LogP contribution < -0.4 is 4.74 Å². The number of carbonyl (C=O) groups excluding carboxylic acids is 1. The maximum atomic E-state index is 12.2. The lowest BCUT2D eigenvalue weighted by molar-refractivity contribution is -0.129. The third kappa shape index (κ3) is 4.56. The second-order valence-corrected chi connectivity index (χ2v) is 7.59. The molecule has 3 aromatic rings. The minimum absolute atomic E-state index is 0.158. The van der Waals surface area contributed by atoms with Crippen molar-refractivity contribution >= 4 is 41.1 Å². The SMILES string of the molecule is Cc1ccccc1COc1ccc(/C=C2\N=C(c3ccc(Cl)cc3Cl)OC2=O)cc1. The van der Waals surface area contributed by atoms with Gasteiger partial charge in [0.25, 0.3) is 0 Å². The first kappa shape index (κ1) is 20.2. The van der Waals surface area contributed by atoms with Crippen molar-refractivity contribution in [3.05, 3.63) is 105 Å². The number of benzene rings is 3. The predicted molar refractivity (Wildman–Crippen MR) is 119 cm³/mol. The monoisotopic (exact) mass is 437 g/mol. The molecule has 0 atom stereocenters. The predicted octanol–water partition coefficient (Wildman–Crippen LogP) is 6.23. The Kier molecular flexibility index (Phi) is 5.88. The lowest BCUT2D eigenvalue weighted by Crippen LogP contribution is -2.05. The second kappa shape index (κ2) is 8.74. The Morgan fingerprint density at radius 1 is 1.03 bits per heavy atom. The average molecular weight is 438 g/mol. The zero-order chi connectivity index (χ0) is 21.1. The minimum atomic E-state index is -0.532. The van der Waals surface area contributed by atoms with Crippen molar-refractivity contribution in [2.45, 2.75) is 13.5 Å². The fourth-order valence-electron chi connectivity index (χ4n) is 2.94. The summed E-state index contributed by atoms with van der Waals surface area (Å²) in [5, 5.41) is 0.861. The highest BCUT2D eigenvalue weighted by molar-refractivity contribution is 6.37.